The second-order valence-electron chi connectivity index (χ2n) is 3.36. The Labute approximate surface area is 106 Å². The summed E-state index contributed by atoms with van der Waals surface area (Å²) in [6.45, 7) is 2.63. The Kier molecular flexibility index (Phi) is 3.25. The molecule has 2 nitrogen and oxygen atoms in total. The number of nitrogens with zero attached hydrogens (tertiary/aromatic N) is 1. The van der Waals surface area contributed by atoms with Crippen LogP contribution in [-0.4, -0.2) is 4.57 Å². The highest BCUT2D eigenvalue weighted by atomic mass is 127. The molecule has 1 aromatic carbocycles. The highest BCUT2D eigenvalue weighted by Crippen LogP contribution is 2.09. The van der Waals surface area contributed by atoms with Gasteiger partial charge in [-0.25, -0.2) is 0 Å². The van der Waals surface area contributed by atoms with E-state index >= 15 is 0 Å². The van der Waals surface area contributed by atoms with Crippen LogP contribution in [0.5, 0.6) is 0 Å². The summed E-state index contributed by atoms with van der Waals surface area (Å²) in [5, 5.41) is 1.90. The fourth-order valence-electron chi connectivity index (χ4n) is 1.37. The number of benzene rings is 1. The molecule has 0 aliphatic rings. The van der Waals surface area contributed by atoms with E-state index in [1.807, 2.05) is 12.3 Å². The molecule has 0 atom stereocenters. The average Bonchev–Trinajstić information content (AvgIpc) is 2.53. The maximum Gasteiger partial charge on any atom is 0.307 e. The Morgan fingerprint density at radius 2 is 2.00 bits per heavy atom. The zero-order valence-electron chi connectivity index (χ0n) is 8.24. The van der Waals surface area contributed by atoms with Crippen molar-refractivity contribution in [1.82, 2.24) is 4.57 Å². The SMILES string of the molecule is Cc1csc(=O)n1Cc1ccc(I)cc1. The predicted octanol–water partition coefficient (Wildman–Crippen LogP) is 2.87. The fraction of sp³-hybridized carbons (Fsp3) is 0.182. The normalized spacial score (nSPS) is 10.5. The predicted molar refractivity (Wildman–Crippen MR) is 71.6 cm³/mol. The Balaban J connectivity index is 2.29. The molecule has 0 saturated heterocycles. The summed E-state index contributed by atoms with van der Waals surface area (Å²) < 4.78 is 3.01. The van der Waals surface area contributed by atoms with Crippen molar-refractivity contribution in [2.75, 3.05) is 0 Å². The largest absolute Gasteiger partial charge is 0.307 e. The van der Waals surface area contributed by atoms with Crippen LogP contribution in [0.3, 0.4) is 0 Å². The number of halogens is 1. The summed E-state index contributed by atoms with van der Waals surface area (Å²) in [7, 11) is 0. The van der Waals surface area contributed by atoms with Crippen molar-refractivity contribution in [3.05, 3.63) is 54.1 Å². The molecule has 0 radical (unpaired) electrons. The Hall–Kier alpha value is -0.620. The highest BCUT2D eigenvalue weighted by molar-refractivity contribution is 14.1. The van der Waals surface area contributed by atoms with Crippen molar-refractivity contribution in [1.29, 1.82) is 0 Å². The lowest BCUT2D eigenvalue weighted by Crippen LogP contribution is -2.15. The maximum absolute atomic E-state index is 11.5. The molecule has 0 bridgehead atoms. The number of rotatable bonds is 2. The molecule has 78 valence electrons. The van der Waals surface area contributed by atoms with Crippen LogP contribution in [0.4, 0.5) is 0 Å². The Bertz CT molecular complexity index is 512. The third kappa shape index (κ3) is 2.49. The summed E-state index contributed by atoms with van der Waals surface area (Å²) >= 11 is 3.53. The van der Waals surface area contributed by atoms with Gasteiger partial charge in [0.05, 0.1) is 6.54 Å². The monoisotopic (exact) mass is 331 g/mol. The van der Waals surface area contributed by atoms with Gasteiger partial charge in [-0.2, -0.15) is 0 Å². The lowest BCUT2D eigenvalue weighted by atomic mass is 10.2. The van der Waals surface area contributed by atoms with E-state index in [1.54, 1.807) is 4.57 Å². The van der Waals surface area contributed by atoms with Gasteiger partial charge in [0, 0.05) is 14.6 Å². The Morgan fingerprint density at radius 1 is 1.33 bits per heavy atom. The van der Waals surface area contributed by atoms with Crippen LogP contribution in [0, 0.1) is 10.5 Å². The van der Waals surface area contributed by atoms with E-state index in [-0.39, 0.29) is 4.87 Å². The minimum Gasteiger partial charge on any atom is -0.299 e. The van der Waals surface area contributed by atoms with Gasteiger partial charge in [0.1, 0.15) is 0 Å². The zero-order chi connectivity index (χ0) is 10.8. The standard InChI is InChI=1S/C11H10INOS/c1-8-7-15-11(14)13(8)6-9-2-4-10(12)5-3-9/h2-5,7H,6H2,1H3. The van der Waals surface area contributed by atoms with Crippen LogP contribution in [0.2, 0.25) is 0 Å². The van der Waals surface area contributed by atoms with Gasteiger partial charge >= 0.3 is 4.87 Å². The van der Waals surface area contributed by atoms with Gasteiger partial charge in [0.2, 0.25) is 0 Å². The molecule has 0 aliphatic heterocycles. The fourth-order valence-corrected chi connectivity index (χ4v) is 2.46. The molecule has 2 rings (SSSR count). The third-order valence-electron chi connectivity index (χ3n) is 2.23. The van der Waals surface area contributed by atoms with E-state index in [0.717, 1.165) is 5.69 Å². The van der Waals surface area contributed by atoms with Gasteiger partial charge in [-0.1, -0.05) is 23.5 Å². The van der Waals surface area contributed by atoms with E-state index in [1.165, 1.54) is 20.5 Å². The van der Waals surface area contributed by atoms with E-state index in [4.69, 9.17) is 0 Å². The summed E-state index contributed by atoms with van der Waals surface area (Å²) in [5.74, 6) is 0. The third-order valence-corrected chi connectivity index (χ3v) is 3.83. The first-order chi connectivity index (χ1) is 7.16. The molecule has 4 heteroatoms. The second-order valence-corrected chi connectivity index (χ2v) is 5.42. The quantitative estimate of drug-likeness (QED) is 0.776. The van der Waals surface area contributed by atoms with Gasteiger partial charge in [0.25, 0.3) is 0 Å². The van der Waals surface area contributed by atoms with E-state index in [9.17, 15) is 4.79 Å². The van der Waals surface area contributed by atoms with E-state index in [0.29, 0.717) is 6.54 Å². The van der Waals surface area contributed by atoms with Crippen LogP contribution in [0.25, 0.3) is 0 Å². The lowest BCUT2D eigenvalue weighted by molar-refractivity contribution is 0.755. The van der Waals surface area contributed by atoms with Gasteiger partial charge in [-0.3, -0.25) is 9.36 Å². The zero-order valence-corrected chi connectivity index (χ0v) is 11.2. The minimum atomic E-state index is 0.117. The molecule has 1 aromatic heterocycles. The number of aromatic nitrogens is 1. The molecule has 1 heterocycles. The molecule has 0 amide bonds. The van der Waals surface area contributed by atoms with Crippen molar-refractivity contribution in [3.63, 3.8) is 0 Å². The minimum absolute atomic E-state index is 0.117. The maximum atomic E-state index is 11.5. The van der Waals surface area contributed by atoms with Crippen LogP contribution in [-0.2, 0) is 6.54 Å². The van der Waals surface area contributed by atoms with E-state index in [2.05, 4.69) is 46.9 Å². The van der Waals surface area contributed by atoms with Crippen LogP contribution >= 0.6 is 33.9 Å². The summed E-state index contributed by atoms with van der Waals surface area (Å²) in [4.78, 5) is 11.6. The van der Waals surface area contributed by atoms with Crippen molar-refractivity contribution >= 4 is 33.9 Å². The number of hydrogen-bond acceptors (Lipinski definition) is 2. The Morgan fingerprint density at radius 3 is 2.53 bits per heavy atom. The molecule has 0 N–H and O–H groups in total. The van der Waals surface area contributed by atoms with Gasteiger partial charge in [-0.15, -0.1) is 0 Å². The van der Waals surface area contributed by atoms with Crippen molar-refractivity contribution in [3.8, 4) is 0 Å². The highest BCUT2D eigenvalue weighted by Gasteiger charge is 2.02. The first kappa shape index (κ1) is 10.9. The second kappa shape index (κ2) is 4.49. The number of hydrogen-bond donors (Lipinski definition) is 0. The van der Waals surface area contributed by atoms with Gasteiger partial charge < -0.3 is 0 Å². The molecular weight excluding hydrogens is 321 g/mol. The summed E-state index contributed by atoms with van der Waals surface area (Å²) in [5.41, 5.74) is 2.20. The average molecular weight is 331 g/mol. The molecule has 0 fully saturated rings. The van der Waals surface area contributed by atoms with Crippen molar-refractivity contribution < 1.29 is 0 Å². The van der Waals surface area contributed by atoms with Crippen LogP contribution in [0.1, 0.15) is 11.3 Å². The number of aryl methyl sites for hydroxylation is 1. The first-order valence-electron chi connectivity index (χ1n) is 4.56. The van der Waals surface area contributed by atoms with Gasteiger partial charge in [0.15, 0.2) is 0 Å². The van der Waals surface area contributed by atoms with Gasteiger partial charge in [-0.05, 0) is 47.2 Å². The molecule has 0 unspecified atom stereocenters. The van der Waals surface area contributed by atoms with Crippen molar-refractivity contribution in [2.45, 2.75) is 13.5 Å². The molecule has 2 aromatic rings. The van der Waals surface area contributed by atoms with Crippen LogP contribution in [0.15, 0.2) is 34.4 Å². The topological polar surface area (TPSA) is 22.0 Å². The van der Waals surface area contributed by atoms with Crippen LogP contribution < -0.4 is 4.87 Å². The summed E-state index contributed by atoms with van der Waals surface area (Å²) in [6.07, 6.45) is 0. The molecular formula is C11H10INOS. The van der Waals surface area contributed by atoms with E-state index < -0.39 is 0 Å². The lowest BCUT2D eigenvalue weighted by Gasteiger charge is -2.04. The molecule has 15 heavy (non-hydrogen) atoms. The molecule has 0 spiro atoms. The molecule has 0 saturated carbocycles. The first-order valence-corrected chi connectivity index (χ1v) is 6.52. The summed E-state index contributed by atoms with van der Waals surface area (Å²) in [6, 6.07) is 8.24. The molecule has 0 aliphatic carbocycles. The smallest absolute Gasteiger partial charge is 0.299 e. The van der Waals surface area contributed by atoms with Crippen molar-refractivity contribution in [2.24, 2.45) is 0 Å². The number of thiazole rings is 1.